The van der Waals surface area contributed by atoms with Gasteiger partial charge >= 0.3 is 12.1 Å². The first-order valence-electron chi connectivity index (χ1n) is 10.2. The zero-order valence-corrected chi connectivity index (χ0v) is 20.2. The lowest BCUT2D eigenvalue weighted by Crippen LogP contribution is -2.16. The summed E-state index contributed by atoms with van der Waals surface area (Å²) in [5.74, 6) is -2.77. The van der Waals surface area contributed by atoms with E-state index in [1.54, 1.807) is 0 Å². The van der Waals surface area contributed by atoms with Crippen molar-refractivity contribution in [2.75, 3.05) is 6.61 Å². The summed E-state index contributed by atoms with van der Waals surface area (Å²) in [6.45, 7) is 1.29. The summed E-state index contributed by atoms with van der Waals surface area (Å²) in [5.41, 5.74) is -3.97. The number of rotatable bonds is 6. The van der Waals surface area contributed by atoms with Crippen molar-refractivity contribution in [3.8, 4) is 28.3 Å². The third-order valence-corrected chi connectivity index (χ3v) is 6.27. The second-order valence-electron chi connectivity index (χ2n) is 7.41. The molecule has 9 nitrogen and oxygen atoms in total. The van der Waals surface area contributed by atoms with Gasteiger partial charge in [0.15, 0.2) is 11.5 Å². The number of nitrogens with zero attached hydrogens (tertiary/aromatic N) is 3. The number of hydrogen-bond acceptors (Lipinski definition) is 7. The van der Waals surface area contributed by atoms with Gasteiger partial charge in [-0.15, -0.1) is 0 Å². The minimum atomic E-state index is -5.10. The first-order valence-corrected chi connectivity index (χ1v) is 12.2. The molecule has 0 aliphatic rings. The van der Waals surface area contributed by atoms with E-state index in [1.165, 1.54) is 25.1 Å². The standard InChI is InChI=1S/C22H15ClF4N4O5S/c1-2-35-21(32)17-18(16-14(23)7-4-8-15(16)24)30-36-19(17)13-10-29-31(20(13)22(25,26)27)11-5-3-6-12(9-11)37(28,33)34/h3-10H,2H2,1H3,(H2,28,33,34). The molecule has 0 radical (unpaired) electrons. The van der Waals surface area contributed by atoms with Crippen molar-refractivity contribution in [3.05, 3.63) is 70.8 Å². The molecule has 0 saturated heterocycles. The van der Waals surface area contributed by atoms with Crippen LogP contribution in [0.3, 0.4) is 0 Å². The number of hydrogen-bond donors (Lipinski definition) is 1. The first kappa shape index (κ1) is 26.3. The Balaban J connectivity index is 2.01. The van der Waals surface area contributed by atoms with Crippen LogP contribution in [-0.2, 0) is 20.9 Å². The van der Waals surface area contributed by atoms with Crippen molar-refractivity contribution in [3.63, 3.8) is 0 Å². The molecule has 2 aromatic heterocycles. The summed E-state index contributed by atoms with van der Waals surface area (Å²) in [5, 5.41) is 12.3. The number of primary sulfonamides is 1. The molecule has 4 aromatic rings. The van der Waals surface area contributed by atoms with E-state index in [0.29, 0.717) is 4.68 Å². The molecule has 0 bridgehead atoms. The molecule has 0 unspecified atom stereocenters. The van der Waals surface area contributed by atoms with Crippen LogP contribution in [0.2, 0.25) is 5.02 Å². The predicted octanol–water partition coefficient (Wildman–Crippen LogP) is 4.83. The van der Waals surface area contributed by atoms with Gasteiger partial charge in [-0.25, -0.2) is 27.4 Å². The summed E-state index contributed by atoms with van der Waals surface area (Å²) in [6.07, 6.45) is -4.36. The maximum Gasteiger partial charge on any atom is 0.434 e. The fourth-order valence-corrected chi connectivity index (χ4v) is 4.34. The Morgan fingerprint density at radius 3 is 2.54 bits per heavy atom. The second kappa shape index (κ2) is 9.61. The summed E-state index contributed by atoms with van der Waals surface area (Å²) in [4.78, 5) is 12.4. The molecule has 0 aliphatic carbocycles. The summed E-state index contributed by atoms with van der Waals surface area (Å²) in [6, 6.07) is 7.91. The van der Waals surface area contributed by atoms with Gasteiger partial charge in [0.25, 0.3) is 0 Å². The van der Waals surface area contributed by atoms with Gasteiger partial charge in [-0.2, -0.15) is 18.3 Å². The lowest BCUT2D eigenvalue weighted by Gasteiger charge is -2.13. The van der Waals surface area contributed by atoms with Crippen molar-refractivity contribution < 1.29 is 40.0 Å². The van der Waals surface area contributed by atoms with Gasteiger partial charge in [-0.05, 0) is 37.3 Å². The number of carbonyl (C=O) groups is 1. The minimum absolute atomic E-state index is 0.167. The summed E-state index contributed by atoms with van der Waals surface area (Å²) < 4.78 is 91.5. The third-order valence-electron chi connectivity index (χ3n) is 5.04. The monoisotopic (exact) mass is 558 g/mol. The Morgan fingerprint density at radius 2 is 1.92 bits per heavy atom. The number of sulfonamides is 1. The SMILES string of the molecule is CCOC(=O)c1c(-c2c(F)cccc2Cl)noc1-c1cnn(-c2cccc(S(N)(=O)=O)c2)c1C(F)(F)F. The zero-order chi connectivity index (χ0) is 27.1. The number of benzene rings is 2. The quantitative estimate of drug-likeness (QED) is 0.265. The molecule has 2 heterocycles. The molecule has 37 heavy (non-hydrogen) atoms. The molecule has 0 amide bonds. The lowest BCUT2D eigenvalue weighted by atomic mass is 10.0. The summed E-state index contributed by atoms with van der Waals surface area (Å²) in [7, 11) is -4.25. The first-order chi connectivity index (χ1) is 17.3. The van der Waals surface area contributed by atoms with Gasteiger partial charge in [-0.3, -0.25) is 0 Å². The number of alkyl halides is 3. The average molecular weight is 559 g/mol. The Hall–Kier alpha value is -3.75. The molecule has 2 N–H and O–H groups in total. The normalized spacial score (nSPS) is 12.1. The number of ether oxygens (including phenoxy) is 1. The highest BCUT2D eigenvalue weighted by Crippen LogP contribution is 2.43. The van der Waals surface area contributed by atoms with Gasteiger partial charge in [-0.1, -0.05) is 28.9 Å². The summed E-state index contributed by atoms with van der Waals surface area (Å²) >= 11 is 6.08. The number of esters is 1. The van der Waals surface area contributed by atoms with Crippen LogP contribution in [0.4, 0.5) is 17.6 Å². The molecule has 15 heteroatoms. The van der Waals surface area contributed by atoms with Gasteiger partial charge in [0, 0.05) is 0 Å². The van der Waals surface area contributed by atoms with Crippen LogP contribution in [0.15, 0.2) is 58.1 Å². The van der Waals surface area contributed by atoms with Crippen molar-refractivity contribution >= 4 is 27.6 Å². The van der Waals surface area contributed by atoms with Crippen molar-refractivity contribution in [1.29, 1.82) is 0 Å². The van der Waals surface area contributed by atoms with Crippen LogP contribution in [0.5, 0.6) is 0 Å². The van der Waals surface area contributed by atoms with Crippen LogP contribution < -0.4 is 5.14 Å². The van der Waals surface area contributed by atoms with E-state index in [2.05, 4.69) is 10.3 Å². The number of nitrogens with two attached hydrogens (primary N) is 1. The maximum atomic E-state index is 14.6. The largest absolute Gasteiger partial charge is 0.462 e. The molecule has 0 fully saturated rings. The zero-order valence-electron chi connectivity index (χ0n) is 18.6. The van der Waals surface area contributed by atoms with Gasteiger partial charge < -0.3 is 9.26 Å². The fraction of sp³-hybridized carbons (Fsp3) is 0.136. The topological polar surface area (TPSA) is 130 Å². The van der Waals surface area contributed by atoms with Crippen LogP contribution in [-0.4, -0.2) is 35.9 Å². The number of halogens is 5. The van der Waals surface area contributed by atoms with Crippen molar-refractivity contribution in [2.24, 2.45) is 5.14 Å². The smallest absolute Gasteiger partial charge is 0.434 e. The average Bonchev–Trinajstić information content (AvgIpc) is 3.43. The highest BCUT2D eigenvalue weighted by atomic mass is 35.5. The minimum Gasteiger partial charge on any atom is -0.462 e. The van der Waals surface area contributed by atoms with E-state index in [9.17, 15) is 30.8 Å². The molecular formula is C22H15ClF4N4O5S. The maximum absolute atomic E-state index is 14.6. The van der Waals surface area contributed by atoms with E-state index < -0.39 is 61.2 Å². The Labute approximate surface area is 211 Å². The number of aromatic nitrogens is 3. The van der Waals surface area contributed by atoms with Gasteiger partial charge in [0.05, 0.1) is 39.5 Å². The molecule has 4 rings (SSSR count). The Bertz CT molecular complexity index is 1600. The van der Waals surface area contributed by atoms with Gasteiger partial charge in [0.2, 0.25) is 10.0 Å². The lowest BCUT2D eigenvalue weighted by molar-refractivity contribution is -0.142. The van der Waals surface area contributed by atoms with E-state index >= 15 is 0 Å². The Morgan fingerprint density at radius 1 is 1.22 bits per heavy atom. The van der Waals surface area contributed by atoms with Crippen molar-refractivity contribution in [2.45, 2.75) is 18.0 Å². The molecule has 2 aromatic carbocycles. The van der Waals surface area contributed by atoms with Crippen LogP contribution in [0.25, 0.3) is 28.3 Å². The molecule has 0 spiro atoms. The molecule has 194 valence electrons. The van der Waals surface area contributed by atoms with E-state index in [1.807, 2.05) is 0 Å². The van der Waals surface area contributed by atoms with Crippen LogP contribution in [0.1, 0.15) is 23.0 Å². The Kier molecular flexibility index (Phi) is 6.83. The highest BCUT2D eigenvalue weighted by Gasteiger charge is 2.42. The van der Waals surface area contributed by atoms with Crippen molar-refractivity contribution in [1.82, 2.24) is 14.9 Å². The molecule has 0 aliphatic heterocycles. The highest BCUT2D eigenvalue weighted by molar-refractivity contribution is 7.89. The predicted molar refractivity (Wildman–Crippen MR) is 122 cm³/mol. The molecule has 0 saturated carbocycles. The van der Waals surface area contributed by atoms with E-state index in [0.717, 1.165) is 30.5 Å². The van der Waals surface area contributed by atoms with E-state index in [4.69, 9.17) is 26.0 Å². The fourth-order valence-electron chi connectivity index (χ4n) is 3.54. The van der Waals surface area contributed by atoms with Crippen LogP contribution >= 0.6 is 11.6 Å². The number of carbonyl (C=O) groups excluding carboxylic acids is 1. The third kappa shape index (κ3) is 4.95. The van der Waals surface area contributed by atoms with E-state index in [-0.39, 0.29) is 22.9 Å². The second-order valence-corrected chi connectivity index (χ2v) is 9.38. The molecular weight excluding hydrogens is 544 g/mol. The molecule has 0 atom stereocenters. The van der Waals surface area contributed by atoms with Crippen LogP contribution in [0, 0.1) is 5.82 Å². The van der Waals surface area contributed by atoms with Gasteiger partial charge in [0.1, 0.15) is 17.1 Å².